The summed E-state index contributed by atoms with van der Waals surface area (Å²) >= 11 is 0. The van der Waals surface area contributed by atoms with Crippen molar-refractivity contribution < 1.29 is 47.7 Å². The molecule has 0 rings (SSSR count). The van der Waals surface area contributed by atoms with Gasteiger partial charge in [0, 0.05) is 17.6 Å². The lowest BCUT2D eigenvalue weighted by atomic mass is 10.0. The van der Waals surface area contributed by atoms with Crippen LogP contribution in [-0.2, 0) is 38.1 Å². The zero-order valence-electron chi connectivity index (χ0n) is 22.7. The molecule has 0 aliphatic rings. The fraction of sp³-hybridized carbons (Fsp3) is 0.500. The summed E-state index contributed by atoms with van der Waals surface area (Å²) in [7, 11) is 0. The molecular weight excluding hydrogens is 500 g/mol. The standard InChI is InChI=1S/C26H38N2O10/c1-8-20(34-16-17-37-24(32)27-12-14-35-22(30)18(2)3)10-9-11-21(29)26(6,7)38-25(33)28-13-15-36-23(31)19(4)5/h8-10H,2,4,11-17H2,1,3,5-7H3,(H,27,32)(H,28,33). The lowest BCUT2D eigenvalue weighted by molar-refractivity contribution is -0.139. The van der Waals surface area contributed by atoms with Gasteiger partial charge in [0.05, 0.1) is 13.1 Å². The summed E-state index contributed by atoms with van der Waals surface area (Å²) in [6.45, 7) is 14.6. The third-order valence-electron chi connectivity index (χ3n) is 4.38. The molecule has 0 aromatic rings. The van der Waals surface area contributed by atoms with Crippen molar-refractivity contribution in [3.8, 4) is 0 Å². The Morgan fingerprint density at radius 3 is 1.76 bits per heavy atom. The minimum absolute atomic E-state index is 0.0109. The van der Waals surface area contributed by atoms with Gasteiger partial charge in [0.15, 0.2) is 11.4 Å². The Hall–Kier alpha value is -4.09. The van der Waals surface area contributed by atoms with Crippen LogP contribution in [0.3, 0.4) is 0 Å². The number of rotatable bonds is 17. The van der Waals surface area contributed by atoms with Gasteiger partial charge in [0.2, 0.25) is 0 Å². The topological polar surface area (TPSA) is 156 Å². The first kappa shape index (κ1) is 33.9. The van der Waals surface area contributed by atoms with Crippen LogP contribution in [0.5, 0.6) is 0 Å². The van der Waals surface area contributed by atoms with E-state index >= 15 is 0 Å². The lowest BCUT2D eigenvalue weighted by Gasteiger charge is -2.23. The average Bonchev–Trinajstić information content (AvgIpc) is 2.84. The first-order chi connectivity index (χ1) is 17.8. The van der Waals surface area contributed by atoms with Gasteiger partial charge in [0.25, 0.3) is 0 Å². The van der Waals surface area contributed by atoms with Gasteiger partial charge in [-0.05, 0) is 46.8 Å². The van der Waals surface area contributed by atoms with Crippen LogP contribution in [0.25, 0.3) is 0 Å². The van der Waals surface area contributed by atoms with Gasteiger partial charge in [-0.2, -0.15) is 0 Å². The van der Waals surface area contributed by atoms with E-state index in [4.69, 9.17) is 23.7 Å². The van der Waals surface area contributed by atoms with Crippen molar-refractivity contribution in [3.05, 3.63) is 48.3 Å². The highest BCUT2D eigenvalue weighted by atomic mass is 16.6. The first-order valence-electron chi connectivity index (χ1n) is 11.8. The van der Waals surface area contributed by atoms with Crippen LogP contribution in [-0.4, -0.2) is 75.0 Å². The maximum atomic E-state index is 12.5. The number of alkyl carbamates (subject to hydrolysis) is 2. The molecule has 0 saturated carbocycles. The Labute approximate surface area is 223 Å². The quantitative estimate of drug-likeness (QED) is 0.0705. The van der Waals surface area contributed by atoms with Gasteiger partial charge in [0.1, 0.15) is 32.2 Å². The minimum atomic E-state index is -1.40. The number of carbonyl (C=O) groups is 5. The van der Waals surface area contributed by atoms with E-state index in [1.165, 1.54) is 27.7 Å². The molecule has 12 heteroatoms. The molecule has 2 N–H and O–H groups in total. The number of carbonyl (C=O) groups excluding carboxylic acids is 5. The lowest BCUT2D eigenvalue weighted by Crippen LogP contribution is -2.41. The maximum Gasteiger partial charge on any atom is 0.408 e. The summed E-state index contributed by atoms with van der Waals surface area (Å²) in [6.07, 6.45) is 3.23. The third kappa shape index (κ3) is 15.8. The molecular formula is C26H38N2O10. The van der Waals surface area contributed by atoms with E-state index in [1.54, 1.807) is 25.2 Å². The molecule has 0 aromatic heterocycles. The van der Waals surface area contributed by atoms with Crippen molar-refractivity contribution in [1.29, 1.82) is 0 Å². The molecule has 0 aliphatic carbocycles. The van der Waals surface area contributed by atoms with E-state index in [1.807, 2.05) is 0 Å². The van der Waals surface area contributed by atoms with Gasteiger partial charge >= 0.3 is 24.1 Å². The minimum Gasteiger partial charge on any atom is -0.490 e. The van der Waals surface area contributed by atoms with E-state index in [2.05, 4.69) is 23.8 Å². The number of allylic oxidation sites excluding steroid dienone is 3. The molecule has 2 amide bonds. The van der Waals surface area contributed by atoms with E-state index in [0.717, 1.165) is 0 Å². The van der Waals surface area contributed by atoms with E-state index in [0.29, 0.717) is 5.76 Å². The highest BCUT2D eigenvalue weighted by molar-refractivity contribution is 5.90. The van der Waals surface area contributed by atoms with Crippen molar-refractivity contribution in [3.63, 3.8) is 0 Å². The molecule has 0 unspecified atom stereocenters. The van der Waals surface area contributed by atoms with Gasteiger partial charge in [-0.3, -0.25) is 4.79 Å². The van der Waals surface area contributed by atoms with Crippen LogP contribution in [0.2, 0.25) is 0 Å². The van der Waals surface area contributed by atoms with Crippen molar-refractivity contribution in [2.75, 3.05) is 39.5 Å². The number of ether oxygens (including phenoxy) is 5. The summed E-state index contributed by atoms with van der Waals surface area (Å²) in [5.41, 5.74) is -0.893. The Balaban J connectivity index is 4.26. The molecule has 0 aromatic carbocycles. The molecule has 0 aliphatic heterocycles. The molecule has 0 saturated heterocycles. The van der Waals surface area contributed by atoms with E-state index in [-0.39, 0.29) is 62.9 Å². The Morgan fingerprint density at radius 1 is 0.763 bits per heavy atom. The maximum absolute atomic E-state index is 12.5. The molecule has 0 atom stereocenters. The summed E-state index contributed by atoms with van der Waals surface area (Å²) in [4.78, 5) is 58.5. The number of nitrogens with one attached hydrogen (secondary N) is 2. The molecule has 0 heterocycles. The number of hydrogen-bond acceptors (Lipinski definition) is 10. The third-order valence-corrected chi connectivity index (χ3v) is 4.38. The van der Waals surface area contributed by atoms with Crippen LogP contribution < -0.4 is 10.6 Å². The Kier molecular flexibility index (Phi) is 16.2. The number of esters is 2. The molecule has 0 spiro atoms. The number of amides is 2. The van der Waals surface area contributed by atoms with Crippen molar-refractivity contribution in [1.82, 2.24) is 10.6 Å². The fourth-order valence-electron chi connectivity index (χ4n) is 2.27. The predicted molar refractivity (Wildman–Crippen MR) is 138 cm³/mol. The zero-order valence-corrected chi connectivity index (χ0v) is 22.7. The number of Topliss-reactive ketones (excluding diaryl/α,β-unsaturated/α-hetero) is 1. The van der Waals surface area contributed by atoms with E-state index < -0.39 is 29.7 Å². The van der Waals surface area contributed by atoms with Crippen molar-refractivity contribution in [2.45, 2.75) is 46.6 Å². The highest BCUT2D eigenvalue weighted by Gasteiger charge is 2.30. The predicted octanol–water partition coefficient (Wildman–Crippen LogP) is 2.89. The number of ketones is 1. The van der Waals surface area contributed by atoms with Crippen LogP contribution in [0, 0.1) is 0 Å². The number of hydrogen-bond donors (Lipinski definition) is 2. The summed E-state index contributed by atoms with van der Waals surface area (Å²) in [5, 5.41) is 4.82. The van der Waals surface area contributed by atoms with Crippen molar-refractivity contribution >= 4 is 29.9 Å². The van der Waals surface area contributed by atoms with E-state index in [9.17, 15) is 24.0 Å². The normalized spacial score (nSPS) is 11.2. The molecule has 0 radical (unpaired) electrons. The fourth-order valence-corrected chi connectivity index (χ4v) is 2.27. The average molecular weight is 539 g/mol. The molecule has 12 nitrogen and oxygen atoms in total. The van der Waals surface area contributed by atoms with Gasteiger partial charge < -0.3 is 34.3 Å². The molecule has 0 fully saturated rings. The van der Waals surface area contributed by atoms with Crippen LogP contribution in [0.1, 0.15) is 41.0 Å². The summed E-state index contributed by atoms with van der Waals surface area (Å²) in [6, 6.07) is 0. The van der Waals surface area contributed by atoms with Crippen LogP contribution in [0.4, 0.5) is 9.59 Å². The van der Waals surface area contributed by atoms with Gasteiger partial charge in [-0.25, -0.2) is 19.2 Å². The summed E-state index contributed by atoms with van der Waals surface area (Å²) < 4.78 is 25.3. The van der Waals surface area contributed by atoms with Gasteiger partial charge in [-0.1, -0.05) is 19.2 Å². The van der Waals surface area contributed by atoms with Gasteiger partial charge in [-0.15, -0.1) is 0 Å². The SMILES string of the molecule is C=C(C)C(=O)OCCNC(=O)OCCOC(C=CCC(=O)C(C)(C)OC(=O)NCCOC(=O)C(=C)C)=CC. The largest absolute Gasteiger partial charge is 0.490 e. The Morgan fingerprint density at radius 2 is 1.26 bits per heavy atom. The van der Waals surface area contributed by atoms with Crippen LogP contribution in [0.15, 0.2) is 48.3 Å². The smallest absolute Gasteiger partial charge is 0.408 e. The second kappa shape index (κ2) is 18.2. The first-order valence-corrected chi connectivity index (χ1v) is 11.8. The summed E-state index contributed by atoms with van der Waals surface area (Å²) in [5.74, 6) is -1.03. The van der Waals surface area contributed by atoms with Crippen LogP contribution >= 0.6 is 0 Å². The zero-order chi connectivity index (χ0) is 29.1. The Bertz CT molecular complexity index is 934. The monoisotopic (exact) mass is 538 g/mol. The molecule has 0 bridgehead atoms. The second-order valence-electron chi connectivity index (χ2n) is 8.29. The van der Waals surface area contributed by atoms with Crippen molar-refractivity contribution in [2.24, 2.45) is 0 Å². The second-order valence-corrected chi connectivity index (χ2v) is 8.29. The molecule has 38 heavy (non-hydrogen) atoms. The molecule has 212 valence electrons. The highest BCUT2D eigenvalue weighted by Crippen LogP contribution is 2.14.